The highest BCUT2D eigenvalue weighted by molar-refractivity contribution is 5.92. The van der Waals surface area contributed by atoms with Crippen LogP contribution in [0.15, 0.2) is 30.3 Å². The largest absolute Gasteiger partial charge is 0.454 e. The summed E-state index contributed by atoms with van der Waals surface area (Å²) in [5, 5.41) is 0. The van der Waals surface area contributed by atoms with E-state index in [0.29, 0.717) is 22.8 Å². The van der Waals surface area contributed by atoms with Gasteiger partial charge in [-0.2, -0.15) is 0 Å². The molecule has 0 spiro atoms. The number of ether oxygens (including phenoxy) is 3. The predicted octanol–water partition coefficient (Wildman–Crippen LogP) is 3.56. The Bertz CT molecular complexity index is 696. The average Bonchev–Trinajstić information content (AvgIpc) is 2.89. The summed E-state index contributed by atoms with van der Waals surface area (Å²) in [6.07, 6.45) is 0. The fourth-order valence-electron chi connectivity index (χ4n) is 2.50. The third kappa shape index (κ3) is 2.57. The summed E-state index contributed by atoms with van der Waals surface area (Å²) in [7, 11) is 0. The molecule has 21 heavy (non-hydrogen) atoms. The molecule has 0 bridgehead atoms. The molecular weight excluding hydrogens is 268 g/mol. The number of hydrogen-bond donors (Lipinski definition) is 0. The topological polar surface area (TPSA) is 44.8 Å². The lowest BCUT2D eigenvalue weighted by atomic mass is 10.1. The Balaban J connectivity index is 1.87. The summed E-state index contributed by atoms with van der Waals surface area (Å²) >= 11 is 0. The van der Waals surface area contributed by atoms with Gasteiger partial charge in [-0.25, -0.2) is 4.79 Å². The van der Waals surface area contributed by atoms with Crippen LogP contribution in [0.3, 0.4) is 0 Å². The summed E-state index contributed by atoms with van der Waals surface area (Å²) in [5.74, 6) is 1.43. The van der Waals surface area contributed by atoms with Crippen molar-refractivity contribution in [2.75, 3.05) is 6.79 Å². The quantitative estimate of drug-likeness (QED) is 0.625. The van der Waals surface area contributed by atoms with Crippen molar-refractivity contribution < 1.29 is 19.0 Å². The van der Waals surface area contributed by atoms with Crippen molar-refractivity contribution in [3.05, 3.63) is 52.6 Å². The first-order valence-electron chi connectivity index (χ1n) is 6.74. The Morgan fingerprint density at radius 1 is 1.00 bits per heavy atom. The van der Waals surface area contributed by atoms with Gasteiger partial charge >= 0.3 is 5.97 Å². The number of carbonyl (C=O) groups is 1. The van der Waals surface area contributed by atoms with Gasteiger partial charge in [0.2, 0.25) is 6.79 Å². The minimum Gasteiger partial charge on any atom is -0.454 e. The van der Waals surface area contributed by atoms with E-state index in [0.717, 1.165) is 16.7 Å². The number of benzene rings is 2. The van der Waals surface area contributed by atoms with Crippen LogP contribution in [0.1, 0.15) is 27.0 Å². The molecule has 4 nitrogen and oxygen atoms in total. The third-order valence-electron chi connectivity index (χ3n) is 3.41. The summed E-state index contributed by atoms with van der Waals surface area (Å²) in [4.78, 5) is 12.3. The molecule has 4 heteroatoms. The Morgan fingerprint density at radius 2 is 1.67 bits per heavy atom. The minimum absolute atomic E-state index is 0.185. The molecule has 0 amide bonds. The second-order valence-corrected chi connectivity index (χ2v) is 5.19. The second-order valence-electron chi connectivity index (χ2n) is 5.19. The average molecular weight is 284 g/mol. The first-order chi connectivity index (χ1) is 10.0. The summed E-state index contributed by atoms with van der Waals surface area (Å²) in [6.45, 7) is 6.07. The fraction of sp³-hybridized carbons (Fsp3) is 0.235. The molecule has 0 aliphatic carbocycles. The van der Waals surface area contributed by atoms with E-state index in [-0.39, 0.29) is 6.79 Å². The molecule has 0 saturated heterocycles. The Labute approximate surface area is 123 Å². The summed E-state index contributed by atoms with van der Waals surface area (Å²) < 4.78 is 16.0. The smallest absolute Gasteiger partial charge is 0.343 e. The van der Waals surface area contributed by atoms with Gasteiger partial charge in [0.15, 0.2) is 11.5 Å². The van der Waals surface area contributed by atoms with E-state index in [4.69, 9.17) is 14.2 Å². The Morgan fingerprint density at radius 3 is 2.38 bits per heavy atom. The highest BCUT2D eigenvalue weighted by Crippen LogP contribution is 2.33. The molecule has 108 valence electrons. The standard InChI is InChI=1S/C17H16O4/c1-10-6-11(2)16(12(3)7-10)21-17(18)13-4-5-14-15(8-13)20-9-19-14/h4-8H,9H2,1-3H3. The zero-order valence-corrected chi connectivity index (χ0v) is 12.2. The molecule has 1 heterocycles. The second kappa shape index (κ2) is 5.13. The van der Waals surface area contributed by atoms with Crippen LogP contribution in [-0.2, 0) is 0 Å². The van der Waals surface area contributed by atoms with E-state index in [1.807, 2.05) is 32.9 Å². The Hall–Kier alpha value is -2.49. The number of rotatable bonds is 2. The SMILES string of the molecule is Cc1cc(C)c(OC(=O)c2ccc3c(c2)OCO3)c(C)c1. The van der Waals surface area contributed by atoms with Crippen molar-refractivity contribution in [1.29, 1.82) is 0 Å². The van der Waals surface area contributed by atoms with Crippen molar-refractivity contribution in [1.82, 2.24) is 0 Å². The lowest BCUT2D eigenvalue weighted by Crippen LogP contribution is -2.10. The molecule has 0 radical (unpaired) electrons. The van der Waals surface area contributed by atoms with Gasteiger partial charge in [0.05, 0.1) is 5.56 Å². The maximum absolute atomic E-state index is 12.3. The van der Waals surface area contributed by atoms with Crippen LogP contribution in [-0.4, -0.2) is 12.8 Å². The molecular formula is C17H16O4. The third-order valence-corrected chi connectivity index (χ3v) is 3.41. The van der Waals surface area contributed by atoms with Gasteiger partial charge in [0.25, 0.3) is 0 Å². The molecule has 2 aromatic carbocycles. The van der Waals surface area contributed by atoms with E-state index in [1.54, 1.807) is 18.2 Å². The van der Waals surface area contributed by atoms with Crippen LogP contribution >= 0.6 is 0 Å². The first kappa shape index (κ1) is 13.5. The van der Waals surface area contributed by atoms with Crippen molar-refractivity contribution in [3.63, 3.8) is 0 Å². The molecule has 0 fully saturated rings. The molecule has 0 unspecified atom stereocenters. The zero-order valence-electron chi connectivity index (χ0n) is 12.2. The van der Waals surface area contributed by atoms with Gasteiger partial charge in [-0.15, -0.1) is 0 Å². The van der Waals surface area contributed by atoms with Gasteiger partial charge in [-0.1, -0.05) is 17.7 Å². The van der Waals surface area contributed by atoms with Crippen molar-refractivity contribution >= 4 is 5.97 Å². The van der Waals surface area contributed by atoms with Crippen molar-refractivity contribution in [3.8, 4) is 17.2 Å². The zero-order chi connectivity index (χ0) is 15.0. The molecule has 3 rings (SSSR count). The van der Waals surface area contributed by atoms with E-state index < -0.39 is 5.97 Å². The monoisotopic (exact) mass is 284 g/mol. The van der Waals surface area contributed by atoms with Crippen LogP contribution in [0, 0.1) is 20.8 Å². The van der Waals surface area contributed by atoms with Gasteiger partial charge in [-0.3, -0.25) is 0 Å². The maximum Gasteiger partial charge on any atom is 0.343 e. The van der Waals surface area contributed by atoms with E-state index >= 15 is 0 Å². The number of hydrogen-bond acceptors (Lipinski definition) is 4. The molecule has 0 aromatic heterocycles. The summed E-state index contributed by atoms with van der Waals surface area (Å²) in [5.41, 5.74) is 3.48. The predicted molar refractivity (Wildman–Crippen MR) is 78.2 cm³/mol. The Kier molecular flexibility index (Phi) is 3.29. The number of carbonyl (C=O) groups excluding carboxylic acids is 1. The fourth-order valence-corrected chi connectivity index (χ4v) is 2.50. The molecule has 0 atom stereocenters. The minimum atomic E-state index is -0.400. The molecule has 1 aliphatic rings. The summed E-state index contributed by atoms with van der Waals surface area (Å²) in [6, 6.07) is 9.02. The number of aryl methyl sites for hydroxylation is 3. The molecule has 1 aliphatic heterocycles. The van der Waals surface area contributed by atoms with Gasteiger partial charge in [0.1, 0.15) is 5.75 Å². The van der Waals surface area contributed by atoms with Crippen LogP contribution in [0.4, 0.5) is 0 Å². The van der Waals surface area contributed by atoms with Crippen LogP contribution in [0.25, 0.3) is 0 Å². The number of fused-ring (bicyclic) bond motifs is 1. The molecule has 0 saturated carbocycles. The first-order valence-corrected chi connectivity index (χ1v) is 6.74. The van der Waals surface area contributed by atoms with Crippen LogP contribution in [0.5, 0.6) is 17.2 Å². The highest BCUT2D eigenvalue weighted by Gasteiger charge is 2.18. The number of esters is 1. The van der Waals surface area contributed by atoms with Gasteiger partial charge in [0, 0.05) is 0 Å². The maximum atomic E-state index is 12.3. The van der Waals surface area contributed by atoms with E-state index in [1.165, 1.54) is 0 Å². The highest BCUT2D eigenvalue weighted by atomic mass is 16.7. The molecule has 2 aromatic rings. The lowest BCUT2D eigenvalue weighted by Gasteiger charge is -2.11. The van der Waals surface area contributed by atoms with Gasteiger partial charge in [-0.05, 0) is 50.1 Å². The van der Waals surface area contributed by atoms with Crippen molar-refractivity contribution in [2.24, 2.45) is 0 Å². The van der Waals surface area contributed by atoms with Gasteiger partial charge < -0.3 is 14.2 Å². The van der Waals surface area contributed by atoms with E-state index in [2.05, 4.69) is 0 Å². The van der Waals surface area contributed by atoms with Crippen LogP contribution < -0.4 is 14.2 Å². The van der Waals surface area contributed by atoms with Crippen molar-refractivity contribution in [2.45, 2.75) is 20.8 Å². The lowest BCUT2D eigenvalue weighted by molar-refractivity contribution is 0.0732. The van der Waals surface area contributed by atoms with E-state index in [9.17, 15) is 4.79 Å². The van der Waals surface area contributed by atoms with Crippen LogP contribution in [0.2, 0.25) is 0 Å². The normalized spacial score (nSPS) is 12.3. The molecule has 0 N–H and O–H groups in total.